The van der Waals surface area contributed by atoms with Crippen LogP contribution in [0.5, 0.6) is 0 Å². The van der Waals surface area contributed by atoms with Crippen LogP contribution in [-0.2, 0) is 0 Å². The smallest absolute Gasteiger partial charge is 0.293 e. The summed E-state index contributed by atoms with van der Waals surface area (Å²) in [5.74, 6) is 0.130. The number of nitrogens with zero attached hydrogens (tertiary/aromatic N) is 2. The standard InChI is InChI=1S/C15H22N4O3/c1-10(16)11-5-7-18(8-6-11)13-4-3-12(15(20)17-2)9-14(13)19(21)22/h3-4,9-11H,5-8,16H2,1-2H3,(H,17,20). The lowest BCUT2D eigenvalue weighted by Crippen LogP contribution is -2.40. The highest BCUT2D eigenvalue weighted by Crippen LogP contribution is 2.32. The van der Waals surface area contributed by atoms with Gasteiger partial charge in [0, 0.05) is 37.8 Å². The normalized spacial score (nSPS) is 17.1. The van der Waals surface area contributed by atoms with E-state index in [-0.39, 0.29) is 17.6 Å². The number of nitro benzene ring substituents is 1. The Labute approximate surface area is 129 Å². The molecule has 0 spiro atoms. The summed E-state index contributed by atoms with van der Waals surface area (Å²) in [4.78, 5) is 24.5. The van der Waals surface area contributed by atoms with E-state index in [0.29, 0.717) is 17.2 Å². The molecule has 1 saturated heterocycles. The van der Waals surface area contributed by atoms with Crippen LogP contribution in [0.4, 0.5) is 11.4 Å². The molecule has 0 radical (unpaired) electrons. The van der Waals surface area contributed by atoms with Gasteiger partial charge in [-0.05, 0) is 37.8 Å². The molecule has 0 bridgehead atoms. The van der Waals surface area contributed by atoms with Crippen molar-refractivity contribution >= 4 is 17.3 Å². The second kappa shape index (κ2) is 6.74. The molecule has 7 heteroatoms. The summed E-state index contributed by atoms with van der Waals surface area (Å²) in [7, 11) is 1.50. The first-order valence-corrected chi connectivity index (χ1v) is 7.45. The summed E-state index contributed by atoms with van der Waals surface area (Å²) in [5, 5.41) is 13.8. The Morgan fingerprint density at radius 1 is 1.45 bits per heavy atom. The largest absolute Gasteiger partial charge is 0.366 e. The Kier molecular flexibility index (Phi) is 4.97. The van der Waals surface area contributed by atoms with E-state index in [4.69, 9.17) is 5.73 Å². The summed E-state index contributed by atoms with van der Waals surface area (Å²) < 4.78 is 0. The molecule has 1 fully saturated rings. The predicted octanol–water partition coefficient (Wildman–Crippen LogP) is 1.52. The van der Waals surface area contributed by atoms with Gasteiger partial charge >= 0.3 is 0 Å². The maximum atomic E-state index is 11.6. The van der Waals surface area contributed by atoms with Crippen LogP contribution in [0.25, 0.3) is 0 Å². The number of anilines is 1. The molecule has 3 N–H and O–H groups in total. The lowest BCUT2D eigenvalue weighted by atomic mass is 9.90. The summed E-state index contributed by atoms with van der Waals surface area (Å²) >= 11 is 0. The van der Waals surface area contributed by atoms with E-state index in [1.54, 1.807) is 12.1 Å². The molecule has 2 rings (SSSR count). The maximum Gasteiger partial charge on any atom is 0.293 e. The highest BCUT2D eigenvalue weighted by Gasteiger charge is 2.27. The number of nitrogens with two attached hydrogens (primary N) is 1. The predicted molar refractivity (Wildman–Crippen MR) is 85.1 cm³/mol. The van der Waals surface area contributed by atoms with Crippen molar-refractivity contribution in [3.63, 3.8) is 0 Å². The van der Waals surface area contributed by atoms with Crippen LogP contribution in [0.1, 0.15) is 30.1 Å². The Balaban J connectivity index is 2.24. The van der Waals surface area contributed by atoms with Crippen LogP contribution in [0, 0.1) is 16.0 Å². The molecule has 1 aliphatic rings. The third-order valence-corrected chi connectivity index (χ3v) is 4.29. The van der Waals surface area contributed by atoms with Gasteiger partial charge in [0.15, 0.2) is 0 Å². The molecule has 0 saturated carbocycles. The van der Waals surface area contributed by atoms with Gasteiger partial charge in [-0.2, -0.15) is 0 Å². The minimum atomic E-state index is -0.431. The zero-order chi connectivity index (χ0) is 16.3. The van der Waals surface area contributed by atoms with E-state index in [0.717, 1.165) is 25.9 Å². The molecular formula is C15H22N4O3. The molecule has 1 heterocycles. The lowest BCUT2D eigenvalue weighted by molar-refractivity contribution is -0.384. The second-order valence-corrected chi connectivity index (χ2v) is 5.72. The van der Waals surface area contributed by atoms with Crippen molar-refractivity contribution in [3.8, 4) is 0 Å². The first-order valence-electron chi connectivity index (χ1n) is 7.45. The number of carbonyl (C=O) groups is 1. The molecule has 1 aliphatic heterocycles. The minimum absolute atomic E-state index is 0.0275. The molecule has 1 aromatic rings. The molecule has 1 atom stereocenters. The van der Waals surface area contributed by atoms with Gasteiger partial charge in [-0.25, -0.2) is 0 Å². The van der Waals surface area contributed by atoms with Crippen molar-refractivity contribution in [2.24, 2.45) is 11.7 Å². The molecule has 22 heavy (non-hydrogen) atoms. The van der Waals surface area contributed by atoms with Gasteiger partial charge in [0.1, 0.15) is 5.69 Å². The Hall–Kier alpha value is -2.15. The number of piperidine rings is 1. The van der Waals surface area contributed by atoms with Crippen LogP contribution in [0.2, 0.25) is 0 Å². The number of hydrogen-bond acceptors (Lipinski definition) is 5. The number of rotatable bonds is 4. The number of amides is 1. The van der Waals surface area contributed by atoms with E-state index < -0.39 is 4.92 Å². The number of nitro groups is 1. The average Bonchev–Trinajstić information content (AvgIpc) is 2.53. The third-order valence-electron chi connectivity index (χ3n) is 4.29. The molecule has 1 amide bonds. The monoisotopic (exact) mass is 306 g/mol. The number of nitrogens with one attached hydrogen (secondary N) is 1. The minimum Gasteiger partial charge on any atom is -0.366 e. The third kappa shape index (κ3) is 3.36. The zero-order valence-electron chi connectivity index (χ0n) is 12.9. The van der Waals surface area contributed by atoms with Gasteiger partial charge in [0.25, 0.3) is 11.6 Å². The van der Waals surface area contributed by atoms with Crippen LogP contribution in [-0.4, -0.2) is 37.0 Å². The Bertz CT molecular complexity index is 566. The van der Waals surface area contributed by atoms with E-state index in [1.165, 1.54) is 13.1 Å². The number of carbonyl (C=O) groups excluding carboxylic acids is 1. The van der Waals surface area contributed by atoms with Gasteiger partial charge in [-0.3, -0.25) is 14.9 Å². The van der Waals surface area contributed by atoms with Crippen molar-refractivity contribution in [2.75, 3.05) is 25.0 Å². The molecule has 0 aromatic heterocycles. The van der Waals surface area contributed by atoms with Gasteiger partial charge in [-0.1, -0.05) is 0 Å². The second-order valence-electron chi connectivity index (χ2n) is 5.72. The fourth-order valence-corrected chi connectivity index (χ4v) is 2.89. The molecule has 120 valence electrons. The van der Waals surface area contributed by atoms with Crippen molar-refractivity contribution in [2.45, 2.75) is 25.8 Å². The average molecular weight is 306 g/mol. The first kappa shape index (κ1) is 16.2. The van der Waals surface area contributed by atoms with Crippen molar-refractivity contribution in [3.05, 3.63) is 33.9 Å². The Morgan fingerprint density at radius 3 is 2.59 bits per heavy atom. The molecule has 7 nitrogen and oxygen atoms in total. The van der Waals surface area contributed by atoms with Gasteiger partial charge in [0.05, 0.1) is 4.92 Å². The summed E-state index contributed by atoms with van der Waals surface area (Å²) in [6, 6.07) is 4.77. The summed E-state index contributed by atoms with van der Waals surface area (Å²) in [5.41, 5.74) is 6.76. The lowest BCUT2D eigenvalue weighted by Gasteiger charge is -2.34. The van der Waals surface area contributed by atoms with Crippen molar-refractivity contribution in [1.82, 2.24) is 5.32 Å². The molecule has 1 unspecified atom stereocenters. The van der Waals surface area contributed by atoms with E-state index in [1.807, 2.05) is 11.8 Å². The molecular weight excluding hydrogens is 284 g/mol. The van der Waals surface area contributed by atoms with Gasteiger partial charge in [0.2, 0.25) is 0 Å². The quantitative estimate of drug-likeness (QED) is 0.648. The number of benzene rings is 1. The summed E-state index contributed by atoms with van der Waals surface area (Å²) in [6.07, 6.45) is 1.85. The van der Waals surface area contributed by atoms with Gasteiger partial charge in [-0.15, -0.1) is 0 Å². The van der Waals surface area contributed by atoms with Crippen LogP contribution in [0.15, 0.2) is 18.2 Å². The summed E-state index contributed by atoms with van der Waals surface area (Å²) in [6.45, 7) is 3.49. The van der Waals surface area contributed by atoms with Crippen molar-refractivity contribution in [1.29, 1.82) is 0 Å². The highest BCUT2D eigenvalue weighted by atomic mass is 16.6. The first-order chi connectivity index (χ1) is 10.4. The number of hydrogen-bond donors (Lipinski definition) is 2. The van der Waals surface area contributed by atoms with E-state index in [9.17, 15) is 14.9 Å². The van der Waals surface area contributed by atoms with Gasteiger partial charge < -0.3 is 16.0 Å². The van der Waals surface area contributed by atoms with Crippen LogP contribution >= 0.6 is 0 Å². The van der Waals surface area contributed by atoms with E-state index in [2.05, 4.69) is 5.32 Å². The molecule has 0 aliphatic carbocycles. The highest BCUT2D eigenvalue weighted by molar-refractivity contribution is 5.95. The van der Waals surface area contributed by atoms with Crippen LogP contribution < -0.4 is 16.0 Å². The maximum absolute atomic E-state index is 11.6. The SMILES string of the molecule is CNC(=O)c1ccc(N2CCC(C(C)N)CC2)c([N+](=O)[O-])c1. The molecule has 1 aromatic carbocycles. The van der Waals surface area contributed by atoms with Crippen LogP contribution in [0.3, 0.4) is 0 Å². The fourth-order valence-electron chi connectivity index (χ4n) is 2.89. The Morgan fingerprint density at radius 2 is 2.09 bits per heavy atom. The topological polar surface area (TPSA) is 102 Å². The zero-order valence-corrected chi connectivity index (χ0v) is 12.9. The van der Waals surface area contributed by atoms with Crippen molar-refractivity contribution < 1.29 is 9.72 Å². The fraction of sp³-hybridized carbons (Fsp3) is 0.533. The van der Waals surface area contributed by atoms with E-state index >= 15 is 0 Å².